The molecule has 0 aromatic carbocycles. The second kappa shape index (κ2) is 9.52. The number of pyridine rings is 2. The Morgan fingerprint density at radius 2 is 1.83 bits per heavy atom. The van der Waals surface area contributed by atoms with Gasteiger partial charge in [0, 0.05) is 24.3 Å². The van der Waals surface area contributed by atoms with Gasteiger partial charge in [0.1, 0.15) is 11.5 Å². The van der Waals surface area contributed by atoms with Gasteiger partial charge in [-0.15, -0.1) is 10.2 Å². The Hall–Kier alpha value is -3.22. The van der Waals surface area contributed by atoms with E-state index in [0.29, 0.717) is 5.69 Å². The van der Waals surface area contributed by atoms with Crippen LogP contribution in [-0.4, -0.2) is 42.8 Å². The minimum Gasteiger partial charge on any atom is -0.543 e. The molecule has 1 saturated carbocycles. The van der Waals surface area contributed by atoms with E-state index in [1.165, 1.54) is 10.6 Å². The molecule has 3 heterocycles. The fourth-order valence-electron chi connectivity index (χ4n) is 3.32. The van der Waals surface area contributed by atoms with Crippen LogP contribution in [0, 0.1) is 0 Å². The van der Waals surface area contributed by atoms with Gasteiger partial charge in [0.05, 0.1) is 24.1 Å². The van der Waals surface area contributed by atoms with E-state index in [1.54, 1.807) is 24.5 Å². The van der Waals surface area contributed by atoms with Crippen molar-refractivity contribution in [1.82, 2.24) is 24.7 Å². The van der Waals surface area contributed by atoms with Crippen molar-refractivity contribution in [2.45, 2.75) is 31.3 Å². The predicted octanol–water partition coefficient (Wildman–Crippen LogP) is -2.77. The molecule has 0 aliphatic heterocycles. The molecule has 0 bridgehead atoms. The summed E-state index contributed by atoms with van der Waals surface area (Å²) in [6.45, 7) is 0. The minimum atomic E-state index is -1.41. The summed E-state index contributed by atoms with van der Waals surface area (Å²) in [6.07, 6.45) is 7.15. The third-order valence-electron chi connectivity index (χ3n) is 4.74. The first kappa shape index (κ1) is 21.5. The smallest absolute Gasteiger partial charge is 0.543 e. The number of carboxylic acid groups (broad SMARTS) is 1. The summed E-state index contributed by atoms with van der Waals surface area (Å²) < 4.78 is 1.53. The van der Waals surface area contributed by atoms with E-state index in [2.05, 4.69) is 30.8 Å². The fraction of sp³-hybridized carbons (Fsp3) is 0.263. The third kappa shape index (κ3) is 5.03. The Morgan fingerprint density at radius 1 is 1.03 bits per heavy atom. The molecule has 3 aromatic heterocycles. The number of hydrogen-bond acceptors (Lipinski definition) is 9. The van der Waals surface area contributed by atoms with Crippen LogP contribution in [-0.2, 0) is 0 Å². The number of carbonyl (C=O) groups excluding carboxylic acids is 1. The van der Waals surface area contributed by atoms with Crippen molar-refractivity contribution in [3.05, 3.63) is 65.0 Å². The largest absolute Gasteiger partial charge is 1.00 e. The SMILES string of the molecule is O=C([O-])c1cnc(N[C@H]2CC[C@H](Nc3ccc(-n4ccccc4=O)cn3)C2)nn1.[Li+]. The number of carboxylic acids is 1. The quantitative estimate of drug-likeness (QED) is 0.422. The number of rotatable bonds is 6. The summed E-state index contributed by atoms with van der Waals surface area (Å²) in [5, 5.41) is 24.6. The van der Waals surface area contributed by atoms with Gasteiger partial charge in [-0.05, 0) is 37.5 Å². The first-order chi connectivity index (χ1) is 14.1. The van der Waals surface area contributed by atoms with Gasteiger partial charge >= 0.3 is 18.9 Å². The Labute approximate surface area is 184 Å². The Morgan fingerprint density at radius 3 is 2.47 bits per heavy atom. The Kier molecular flexibility index (Phi) is 6.82. The number of nitrogens with one attached hydrogen (secondary N) is 2. The summed E-state index contributed by atoms with van der Waals surface area (Å²) in [4.78, 5) is 30.9. The Bertz CT molecular complexity index is 1060. The molecule has 0 spiro atoms. The minimum absolute atomic E-state index is 0. The molecule has 0 saturated heterocycles. The molecule has 1 aliphatic carbocycles. The van der Waals surface area contributed by atoms with Crippen molar-refractivity contribution in [3.8, 4) is 5.69 Å². The maximum Gasteiger partial charge on any atom is 1.00 e. The summed E-state index contributed by atoms with van der Waals surface area (Å²) in [5.41, 5.74) is 0.301. The van der Waals surface area contributed by atoms with Gasteiger partial charge in [0.15, 0.2) is 0 Å². The summed E-state index contributed by atoms with van der Waals surface area (Å²) in [7, 11) is 0. The van der Waals surface area contributed by atoms with Gasteiger partial charge in [-0.3, -0.25) is 9.36 Å². The van der Waals surface area contributed by atoms with Gasteiger partial charge in [0.2, 0.25) is 5.95 Å². The van der Waals surface area contributed by atoms with Crippen LogP contribution in [0.1, 0.15) is 29.8 Å². The fourth-order valence-corrected chi connectivity index (χ4v) is 3.32. The maximum absolute atomic E-state index is 11.9. The van der Waals surface area contributed by atoms with Crippen molar-refractivity contribution in [2.75, 3.05) is 10.6 Å². The molecule has 11 heteroatoms. The van der Waals surface area contributed by atoms with Crippen LogP contribution in [0.3, 0.4) is 0 Å². The van der Waals surface area contributed by atoms with Crippen LogP contribution in [0.15, 0.2) is 53.7 Å². The van der Waals surface area contributed by atoms with E-state index in [4.69, 9.17) is 0 Å². The third-order valence-corrected chi connectivity index (χ3v) is 4.74. The molecular formula is C19H18LiN7O3. The number of aromatic nitrogens is 5. The van der Waals surface area contributed by atoms with E-state index >= 15 is 0 Å². The molecule has 0 radical (unpaired) electrons. The van der Waals surface area contributed by atoms with Crippen LogP contribution < -0.4 is 40.2 Å². The molecule has 0 amide bonds. The van der Waals surface area contributed by atoms with Gasteiger partial charge in [0.25, 0.3) is 5.56 Å². The second-order valence-corrected chi connectivity index (χ2v) is 6.76. The number of nitrogens with zero attached hydrogens (tertiary/aromatic N) is 5. The van der Waals surface area contributed by atoms with Crippen LogP contribution in [0.4, 0.5) is 11.8 Å². The molecule has 1 aliphatic rings. The first-order valence-electron chi connectivity index (χ1n) is 9.17. The molecule has 2 N–H and O–H groups in total. The van der Waals surface area contributed by atoms with E-state index in [0.717, 1.165) is 31.3 Å². The molecule has 1 fully saturated rings. The van der Waals surface area contributed by atoms with E-state index in [9.17, 15) is 14.7 Å². The zero-order valence-corrected chi connectivity index (χ0v) is 16.4. The second-order valence-electron chi connectivity index (χ2n) is 6.76. The number of carbonyl (C=O) groups is 1. The van der Waals surface area contributed by atoms with Crippen molar-refractivity contribution in [3.63, 3.8) is 0 Å². The molecular weight excluding hydrogens is 381 g/mol. The molecule has 10 nitrogen and oxygen atoms in total. The van der Waals surface area contributed by atoms with Crippen molar-refractivity contribution < 1.29 is 28.8 Å². The van der Waals surface area contributed by atoms with E-state index in [-0.39, 0.29) is 48.1 Å². The number of aromatic carboxylic acids is 1. The van der Waals surface area contributed by atoms with Crippen LogP contribution >= 0.6 is 0 Å². The van der Waals surface area contributed by atoms with Gasteiger partial charge in [-0.1, -0.05) is 6.07 Å². The average molecular weight is 399 g/mol. The number of anilines is 2. The summed E-state index contributed by atoms with van der Waals surface area (Å²) >= 11 is 0. The van der Waals surface area contributed by atoms with Gasteiger partial charge < -0.3 is 20.5 Å². The van der Waals surface area contributed by atoms with Crippen molar-refractivity contribution in [2.24, 2.45) is 0 Å². The molecule has 4 rings (SSSR count). The van der Waals surface area contributed by atoms with Crippen LogP contribution in [0.25, 0.3) is 5.69 Å². The summed E-state index contributed by atoms with van der Waals surface area (Å²) in [6, 6.07) is 9.06. The Balaban J connectivity index is 0.00000256. The predicted molar refractivity (Wildman–Crippen MR) is 103 cm³/mol. The standard InChI is InChI=1S/C19H19N7O3.Li/c27-17-3-1-2-8-26(17)14-6-7-16(20-10-14)22-12-4-5-13(9-12)23-19-21-11-15(18(28)29)24-25-19;/h1-3,6-8,10-13H,4-5,9H2,(H,20,22)(H,28,29)(H,21,23,25);/q;+1/p-1/t12-,13-;/m0./s1. The zero-order valence-electron chi connectivity index (χ0n) is 16.4. The zero-order chi connectivity index (χ0) is 20.2. The monoisotopic (exact) mass is 399 g/mol. The molecule has 3 aromatic rings. The van der Waals surface area contributed by atoms with Gasteiger partial charge in [-0.25, -0.2) is 9.97 Å². The first-order valence-corrected chi connectivity index (χ1v) is 9.17. The summed E-state index contributed by atoms with van der Waals surface area (Å²) in [5.74, 6) is -0.381. The average Bonchev–Trinajstić information content (AvgIpc) is 3.16. The van der Waals surface area contributed by atoms with Crippen LogP contribution in [0.2, 0.25) is 0 Å². The van der Waals surface area contributed by atoms with Crippen molar-refractivity contribution in [1.29, 1.82) is 0 Å². The maximum atomic E-state index is 11.9. The number of hydrogen-bond donors (Lipinski definition) is 2. The topological polar surface area (TPSA) is 138 Å². The van der Waals surface area contributed by atoms with E-state index in [1.807, 2.05) is 12.1 Å². The molecule has 2 atom stereocenters. The molecule has 30 heavy (non-hydrogen) atoms. The normalized spacial score (nSPS) is 17.7. The van der Waals surface area contributed by atoms with Crippen LogP contribution in [0.5, 0.6) is 0 Å². The van der Waals surface area contributed by atoms with Gasteiger partial charge in [-0.2, -0.15) is 0 Å². The molecule has 148 valence electrons. The van der Waals surface area contributed by atoms with E-state index < -0.39 is 5.97 Å². The van der Waals surface area contributed by atoms with Crippen molar-refractivity contribution >= 4 is 17.7 Å². The molecule has 0 unspecified atom stereocenters.